The summed E-state index contributed by atoms with van der Waals surface area (Å²) in [4.78, 5) is 0. The van der Waals surface area contributed by atoms with Crippen molar-refractivity contribution in [1.82, 2.24) is 9.78 Å². The average Bonchev–Trinajstić information content (AvgIpc) is 2.65. The second kappa shape index (κ2) is 4.91. The van der Waals surface area contributed by atoms with Crippen LogP contribution in [0, 0.1) is 0 Å². The summed E-state index contributed by atoms with van der Waals surface area (Å²) in [5.41, 5.74) is 9.16. The van der Waals surface area contributed by atoms with Crippen LogP contribution >= 0.6 is 0 Å². The van der Waals surface area contributed by atoms with Crippen LogP contribution in [0.1, 0.15) is 18.1 Å². The van der Waals surface area contributed by atoms with Crippen LogP contribution in [0.5, 0.6) is 0 Å². The van der Waals surface area contributed by atoms with Gasteiger partial charge >= 0.3 is 0 Å². The Balaban J connectivity index is 2.09. The minimum absolute atomic E-state index is 0.682. The molecule has 0 saturated heterocycles. The van der Waals surface area contributed by atoms with Gasteiger partial charge in [-0.2, -0.15) is 5.10 Å². The van der Waals surface area contributed by atoms with Crippen molar-refractivity contribution in [2.75, 3.05) is 11.1 Å². The Labute approximate surface area is 101 Å². The second-order valence-corrected chi connectivity index (χ2v) is 4.08. The molecule has 4 nitrogen and oxygen atoms in total. The van der Waals surface area contributed by atoms with Gasteiger partial charge in [0.05, 0.1) is 5.69 Å². The lowest BCUT2D eigenvalue weighted by Crippen LogP contribution is -2.04. The van der Waals surface area contributed by atoms with Gasteiger partial charge in [-0.25, -0.2) is 0 Å². The van der Waals surface area contributed by atoms with Crippen LogP contribution in [0.15, 0.2) is 30.5 Å². The Morgan fingerprint density at radius 1 is 1.29 bits per heavy atom. The molecule has 17 heavy (non-hydrogen) atoms. The first-order chi connectivity index (χ1) is 8.20. The molecule has 0 saturated carbocycles. The average molecular weight is 230 g/mol. The van der Waals surface area contributed by atoms with Gasteiger partial charge in [0, 0.05) is 19.8 Å². The first-order valence-corrected chi connectivity index (χ1v) is 5.80. The molecule has 3 N–H and O–H groups in total. The molecule has 2 aromatic rings. The maximum Gasteiger partial charge on any atom is 0.171 e. The zero-order chi connectivity index (χ0) is 12.3. The van der Waals surface area contributed by atoms with Gasteiger partial charge in [0.2, 0.25) is 0 Å². The standard InChI is InChI=1S/C13H18N4/c1-3-10-6-4-5-7-11(10)8-15-13-12(14)9-17(2)16-13/h4-7,9H,3,8,14H2,1-2H3,(H,15,16). The van der Waals surface area contributed by atoms with E-state index >= 15 is 0 Å². The third-order valence-electron chi connectivity index (χ3n) is 2.80. The molecule has 0 atom stereocenters. The predicted molar refractivity (Wildman–Crippen MR) is 70.8 cm³/mol. The third kappa shape index (κ3) is 2.58. The van der Waals surface area contributed by atoms with E-state index in [-0.39, 0.29) is 0 Å². The minimum atomic E-state index is 0.682. The van der Waals surface area contributed by atoms with Gasteiger partial charge in [0.15, 0.2) is 5.82 Å². The monoisotopic (exact) mass is 230 g/mol. The van der Waals surface area contributed by atoms with Crippen molar-refractivity contribution in [2.45, 2.75) is 19.9 Å². The van der Waals surface area contributed by atoms with Gasteiger partial charge < -0.3 is 11.1 Å². The van der Waals surface area contributed by atoms with Crippen LogP contribution in [0.25, 0.3) is 0 Å². The Kier molecular flexibility index (Phi) is 3.32. The fourth-order valence-electron chi connectivity index (χ4n) is 1.90. The second-order valence-electron chi connectivity index (χ2n) is 4.08. The summed E-state index contributed by atoms with van der Waals surface area (Å²) in [6.45, 7) is 2.92. The van der Waals surface area contributed by atoms with Gasteiger partial charge in [-0.3, -0.25) is 4.68 Å². The van der Waals surface area contributed by atoms with Crippen molar-refractivity contribution >= 4 is 11.5 Å². The fraction of sp³-hybridized carbons (Fsp3) is 0.308. The number of nitrogens with zero attached hydrogens (tertiary/aromatic N) is 2. The van der Waals surface area contributed by atoms with Crippen molar-refractivity contribution in [1.29, 1.82) is 0 Å². The molecule has 0 fully saturated rings. The van der Waals surface area contributed by atoms with E-state index in [1.54, 1.807) is 10.9 Å². The van der Waals surface area contributed by atoms with Crippen molar-refractivity contribution < 1.29 is 0 Å². The highest BCUT2D eigenvalue weighted by molar-refractivity contribution is 5.60. The molecule has 1 heterocycles. The Morgan fingerprint density at radius 2 is 2.00 bits per heavy atom. The molecule has 4 heteroatoms. The molecule has 0 aliphatic rings. The number of nitrogens with two attached hydrogens (primary N) is 1. The number of nitrogen functional groups attached to an aromatic ring is 1. The normalized spacial score (nSPS) is 10.5. The van der Waals surface area contributed by atoms with Crippen LogP contribution in [0.4, 0.5) is 11.5 Å². The van der Waals surface area contributed by atoms with E-state index < -0.39 is 0 Å². The van der Waals surface area contributed by atoms with E-state index in [4.69, 9.17) is 5.73 Å². The lowest BCUT2D eigenvalue weighted by molar-refractivity contribution is 0.768. The summed E-state index contributed by atoms with van der Waals surface area (Å²) in [5.74, 6) is 0.749. The number of benzene rings is 1. The quantitative estimate of drug-likeness (QED) is 0.846. The van der Waals surface area contributed by atoms with E-state index in [1.807, 2.05) is 7.05 Å². The summed E-state index contributed by atoms with van der Waals surface area (Å²) in [6, 6.07) is 8.40. The molecule has 0 bridgehead atoms. The topological polar surface area (TPSA) is 55.9 Å². The van der Waals surface area contributed by atoms with Crippen molar-refractivity contribution in [3.8, 4) is 0 Å². The van der Waals surface area contributed by atoms with Crippen LogP contribution < -0.4 is 11.1 Å². The first-order valence-electron chi connectivity index (χ1n) is 5.80. The van der Waals surface area contributed by atoms with E-state index in [9.17, 15) is 0 Å². The van der Waals surface area contributed by atoms with E-state index in [0.29, 0.717) is 5.69 Å². The molecule has 1 aromatic carbocycles. The molecule has 0 spiro atoms. The van der Waals surface area contributed by atoms with Crippen molar-refractivity contribution in [3.63, 3.8) is 0 Å². The number of hydrogen-bond donors (Lipinski definition) is 2. The van der Waals surface area contributed by atoms with Crippen LogP contribution in [0.2, 0.25) is 0 Å². The Bertz CT molecular complexity index is 502. The number of rotatable bonds is 4. The number of aromatic nitrogens is 2. The summed E-state index contributed by atoms with van der Waals surface area (Å²) >= 11 is 0. The summed E-state index contributed by atoms with van der Waals surface area (Å²) in [6.07, 6.45) is 2.84. The molecule has 2 rings (SSSR count). The molecule has 0 aliphatic heterocycles. The number of anilines is 2. The van der Waals surface area contributed by atoms with Gasteiger partial charge in [0.1, 0.15) is 0 Å². The molecule has 0 aliphatic carbocycles. The van der Waals surface area contributed by atoms with Crippen LogP contribution in [-0.2, 0) is 20.0 Å². The van der Waals surface area contributed by atoms with Gasteiger partial charge in [0.25, 0.3) is 0 Å². The molecule has 0 unspecified atom stereocenters. The highest BCUT2D eigenvalue weighted by Gasteiger charge is 2.04. The zero-order valence-corrected chi connectivity index (χ0v) is 10.3. The van der Waals surface area contributed by atoms with Crippen LogP contribution in [-0.4, -0.2) is 9.78 Å². The number of aryl methyl sites for hydroxylation is 2. The van der Waals surface area contributed by atoms with Crippen LogP contribution in [0.3, 0.4) is 0 Å². The highest BCUT2D eigenvalue weighted by Crippen LogP contribution is 2.17. The van der Waals surface area contributed by atoms with E-state index in [2.05, 4.69) is 41.6 Å². The van der Waals surface area contributed by atoms with Gasteiger partial charge in [-0.05, 0) is 17.5 Å². The number of nitrogens with one attached hydrogen (secondary N) is 1. The van der Waals surface area contributed by atoms with Crippen molar-refractivity contribution in [2.24, 2.45) is 7.05 Å². The highest BCUT2D eigenvalue weighted by atomic mass is 15.3. The van der Waals surface area contributed by atoms with E-state index in [1.165, 1.54) is 11.1 Å². The lowest BCUT2D eigenvalue weighted by Gasteiger charge is -2.08. The maximum atomic E-state index is 5.83. The largest absolute Gasteiger partial charge is 0.394 e. The Morgan fingerprint density at radius 3 is 2.59 bits per heavy atom. The van der Waals surface area contributed by atoms with E-state index in [0.717, 1.165) is 18.8 Å². The summed E-state index contributed by atoms with van der Waals surface area (Å²) < 4.78 is 1.71. The Hall–Kier alpha value is -1.97. The van der Waals surface area contributed by atoms with Gasteiger partial charge in [-0.15, -0.1) is 0 Å². The molecular formula is C13H18N4. The zero-order valence-electron chi connectivity index (χ0n) is 10.3. The van der Waals surface area contributed by atoms with Gasteiger partial charge in [-0.1, -0.05) is 31.2 Å². The molecule has 1 aromatic heterocycles. The van der Waals surface area contributed by atoms with Crippen molar-refractivity contribution in [3.05, 3.63) is 41.6 Å². The number of hydrogen-bond acceptors (Lipinski definition) is 3. The fourth-order valence-corrected chi connectivity index (χ4v) is 1.90. The molecule has 90 valence electrons. The maximum absolute atomic E-state index is 5.83. The SMILES string of the molecule is CCc1ccccc1CNc1nn(C)cc1N. The minimum Gasteiger partial charge on any atom is -0.394 e. The lowest BCUT2D eigenvalue weighted by atomic mass is 10.1. The smallest absolute Gasteiger partial charge is 0.171 e. The molecular weight excluding hydrogens is 212 g/mol. The summed E-state index contributed by atoms with van der Waals surface area (Å²) in [7, 11) is 1.86. The first kappa shape index (κ1) is 11.5. The molecule has 0 radical (unpaired) electrons. The molecule has 0 amide bonds. The third-order valence-corrected chi connectivity index (χ3v) is 2.80. The predicted octanol–water partition coefficient (Wildman–Crippen LogP) is 2.18. The summed E-state index contributed by atoms with van der Waals surface area (Å²) in [5, 5.41) is 7.53.